The quantitative estimate of drug-likeness (QED) is 0.780. The largest absolute Gasteiger partial charge is 0.338 e. The van der Waals surface area contributed by atoms with Crippen LogP contribution in [0, 0.1) is 0 Å². The zero-order valence-corrected chi connectivity index (χ0v) is 9.02. The van der Waals surface area contributed by atoms with Crippen LogP contribution in [-0.2, 0) is 0 Å². The number of aromatic nitrogens is 2. The van der Waals surface area contributed by atoms with E-state index in [4.69, 9.17) is 0 Å². The molecule has 5 heteroatoms. The van der Waals surface area contributed by atoms with E-state index in [1.807, 2.05) is 6.07 Å². The van der Waals surface area contributed by atoms with Crippen LogP contribution in [0.15, 0.2) is 18.5 Å². The molecule has 2 heterocycles. The van der Waals surface area contributed by atoms with Crippen molar-refractivity contribution < 1.29 is 0 Å². The van der Waals surface area contributed by atoms with Crippen LogP contribution < -0.4 is 10.2 Å². The molecule has 1 aliphatic heterocycles. The number of halogens is 1. The van der Waals surface area contributed by atoms with Crippen molar-refractivity contribution in [2.75, 3.05) is 31.1 Å². The lowest BCUT2D eigenvalue weighted by atomic mass is 10.4. The summed E-state index contributed by atoms with van der Waals surface area (Å²) in [6.45, 7) is 4.06. The fourth-order valence-electron chi connectivity index (χ4n) is 1.32. The minimum atomic E-state index is 0. The summed E-state index contributed by atoms with van der Waals surface area (Å²) in [7, 11) is 0. The normalized spacial score (nSPS) is 16.5. The van der Waals surface area contributed by atoms with Crippen molar-refractivity contribution in [3.63, 3.8) is 0 Å². The zero-order chi connectivity index (χ0) is 8.23. The highest BCUT2D eigenvalue weighted by molar-refractivity contribution is 8.93. The van der Waals surface area contributed by atoms with Gasteiger partial charge in [0.05, 0.1) is 0 Å². The van der Waals surface area contributed by atoms with Gasteiger partial charge in [-0.15, -0.1) is 17.0 Å². The average molecular weight is 245 g/mol. The van der Waals surface area contributed by atoms with Crippen molar-refractivity contribution in [3.05, 3.63) is 18.5 Å². The van der Waals surface area contributed by atoms with Gasteiger partial charge in [-0.3, -0.25) is 0 Å². The average Bonchev–Trinajstić information content (AvgIpc) is 2.21. The Labute approximate surface area is 88.1 Å². The number of piperazine rings is 1. The van der Waals surface area contributed by atoms with E-state index in [0.717, 1.165) is 32.1 Å². The fraction of sp³-hybridized carbons (Fsp3) is 0.500. The lowest BCUT2D eigenvalue weighted by molar-refractivity contribution is 0.580. The molecule has 1 fully saturated rings. The minimum absolute atomic E-state index is 0. The Morgan fingerprint density at radius 2 is 1.77 bits per heavy atom. The first kappa shape index (κ1) is 10.4. The van der Waals surface area contributed by atoms with Crippen LogP contribution in [0.3, 0.4) is 0 Å². The Hall–Kier alpha value is -0.680. The second kappa shape index (κ2) is 5.14. The van der Waals surface area contributed by atoms with Crippen molar-refractivity contribution in [1.82, 2.24) is 15.3 Å². The van der Waals surface area contributed by atoms with Crippen molar-refractivity contribution >= 4 is 22.9 Å². The first-order valence-electron chi connectivity index (χ1n) is 4.19. The van der Waals surface area contributed by atoms with Gasteiger partial charge in [-0.05, 0) is 6.07 Å². The Morgan fingerprint density at radius 3 is 2.38 bits per heavy atom. The molecular formula is C8H13BrN4. The van der Waals surface area contributed by atoms with E-state index in [1.165, 1.54) is 0 Å². The summed E-state index contributed by atoms with van der Waals surface area (Å²) >= 11 is 0. The summed E-state index contributed by atoms with van der Waals surface area (Å²) in [4.78, 5) is 10.6. The molecule has 4 nitrogen and oxygen atoms in total. The Morgan fingerprint density at radius 1 is 1.15 bits per heavy atom. The number of nitrogens with one attached hydrogen (secondary N) is 1. The van der Waals surface area contributed by atoms with Crippen molar-refractivity contribution in [3.8, 4) is 0 Å². The van der Waals surface area contributed by atoms with Crippen LogP contribution in [0.25, 0.3) is 0 Å². The first-order chi connectivity index (χ1) is 5.97. The molecule has 0 unspecified atom stereocenters. The SMILES string of the molecule is Br.c1cnc(N2CCNCC2)nc1. The maximum atomic E-state index is 4.19. The number of rotatable bonds is 1. The van der Waals surface area contributed by atoms with Gasteiger partial charge in [-0.1, -0.05) is 0 Å². The van der Waals surface area contributed by atoms with E-state index < -0.39 is 0 Å². The predicted octanol–water partition coefficient (Wildman–Crippen LogP) is 0.464. The van der Waals surface area contributed by atoms with Gasteiger partial charge < -0.3 is 10.2 Å². The summed E-state index contributed by atoms with van der Waals surface area (Å²) < 4.78 is 0. The van der Waals surface area contributed by atoms with Gasteiger partial charge in [0.15, 0.2) is 0 Å². The fourth-order valence-corrected chi connectivity index (χ4v) is 1.32. The molecule has 0 saturated carbocycles. The molecule has 0 bridgehead atoms. The van der Waals surface area contributed by atoms with Crippen LogP contribution in [0.5, 0.6) is 0 Å². The smallest absolute Gasteiger partial charge is 0.225 e. The maximum Gasteiger partial charge on any atom is 0.225 e. The standard InChI is InChI=1S/C8H12N4.BrH/c1-2-10-8(11-3-1)12-6-4-9-5-7-12;/h1-3,9H,4-7H2;1H. The highest BCUT2D eigenvalue weighted by Gasteiger charge is 2.11. The van der Waals surface area contributed by atoms with Crippen LogP contribution >= 0.6 is 17.0 Å². The summed E-state index contributed by atoms with van der Waals surface area (Å²) in [5.74, 6) is 0.846. The molecule has 0 aliphatic carbocycles. The van der Waals surface area contributed by atoms with Crippen molar-refractivity contribution in [1.29, 1.82) is 0 Å². The summed E-state index contributed by atoms with van der Waals surface area (Å²) in [5, 5.41) is 3.29. The van der Waals surface area contributed by atoms with Gasteiger partial charge in [0, 0.05) is 38.6 Å². The molecule has 1 N–H and O–H groups in total. The van der Waals surface area contributed by atoms with Gasteiger partial charge >= 0.3 is 0 Å². The molecule has 0 radical (unpaired) electrons. The van der Waals surface area contributed by atoms with Crippen LogP contribution in [-0.4, -0.2) is 36.1 Å². The third kappa shape index (κ3) is 2.63. The number of hydrogen-bond acceptors (Lipinski definition) is 4. The monoisotopic (exact) mass is 244 g/mol. The molecular weight excluding hydrogens is 232 g/mol. The molecule has 0 aromatic carbocycles. The van der Waals surface area contributed by atoms with E-state index in [2.05, 4.69) is 20.2 Å². The molecule has 0 spiro atoms. The van der Waals surface area contributed by atoms with Gasteiger partial charge in [0.2, 0.25) is 5.95 Å². The first-order valence-corrected chi connectivity index (χ1v) is 4.19. The Balaban J connectivity index is 0.000000845. The highest BCUT2D eigenvalue weighted by atomic mass is 79.9. The van der Waals surface area contributed by atoms with Crippen molar-refractivity contribution in [2.24, 2.45) is 0 Å². The number of anilines is 1. The van der Waals surface area contributed by atoms with Gasteiger partial charge in [0.25, 0.3) is 0 Å². The topological polar surface area (TPSA) is 41.1 Å². The van der Waals surface area contributed by atoms with E-state index >= 15 is 0 Å². The molecule has 0 atom stereocenters. The predicted molar refractivity (Wildman–Crippen MR) is 57.4 cm³/mol. The number of hydrogen-bond donors (Lipinski definition) is 1. The lowest BCUT2D eigenvalue weighted by Gasteiger charge is -2.26. The molecule has 1 aromatic heterocycles. The highest BCUT2D eigenvalue weighted by Crippen LogP contribution is 2.04. The molecule has 2 rings (SSSR count). The minimum Gasteiger partial charge on any atom is -0.338 e. The van der Waals surface area contributed by atoms with Crippen LogP contribution in [0.4, 0.5) is 5.95 Å². The van der Waals surface area contributed by atoms with Gasteiger partial charge in [-0.25, -0.2) is 9.97 Å². The third-order valence-corrected chi connectivity index (χ3v) is 1.95. The molecule has 1 aromatic rings. The van der Waals surface area contributed by atoms with E-state index in [0.29, 0.717) is 0 Å². The maximum absolute atomic E-state index is 4.19. The Bertz CT molecular complexity index is 235. The van der Waals surface area contributed by atoms with E-state index in [-0.39, 0.29) is 17.0 Å². The molecule has 1 saturated heterocycles. The van der Waals surface area contributed by atoms with Gasteiger partial charge in [0.1, 0.15) is 0 Å². The second-order valence-electron chi connectivity index (χ2n) is 2.79. The second-order valence-corrected chi connectivity index (χ2v) is 2.79. The molecule has 72 valence electrons. The lowest BCUT2D eigenvalue weighted by Crippen LogP contribution is -2.44. The summed E-state index contributed by atoms with van der Waals surface area (Å²) in [6.07, 6.45) is 3.56. The molecule has 1 aliphatic rings. The Kier molecular flexibility index (Phi) is 4.11. The van der Waals surface area contributed by atoms with Crippen LogP contribution in [0.1, 0.15) is 0 Å². The van der Waals surface area contributed by atoms with Gasteiger partial charge in [-0.2, -0.15) is 0 Å². The van der Waals surface area contributed by atoms with E-state index in [1.54, 1.807) is 12.4 Å². The summed E-state index contributed by atoms with van der Waals surface area (Å²) in [5.41, 5.74) is 0. The van der Waals surface area contributed by atoms with E-state index in [9.17, 15) is 0 Å². The third-order valence-electron chi connectivity index (χ3n) is 1.95. The summed E-state index contributed by atoms with van der Waals surface area (Å²) in [6, 6.07) is 1.84. The number of nitrogens with zero attached hydrogens (tertiary/aromatic N) is 3. The molecule has 13 heavy (non-hydrogen) atoms. The van der Waals surface area contributed by atoms with Crippen LogP contribution in [0.2, 0.25) is 0 Å². The molecule has 0 amide bonds. The zero-order valence-electron chi connectivity index (χ0n) is 7.31. The van der Waals surface area contributed by atoms with Crippen molar-refractivity contribution in [2.45, 2.75) is 0 Å².